The number of benzene rings is 1. The fourth-order valence-electron chi connectivity index (χ4n) is 3.07. The van der Waals surface area contributed by atoms with Crippen molar-refractivity contribution in [1.82, 2.24) is 14.9 Å². The molecule has 27 heavy (non-hydrogen) atoms. The van der Waals surface area contributed by atoms with Crippen molar-refractivity contribution in [3.63, 3.8) is 0 Å². The predicted octanol–water partition coefficient (Wildman–Crippen LogP) is 0.826. The normalized spacial score (nSPS) is 22.0. The highest BCUT2D eigenvalue weighted by atomic mass is 32.2. The van der Waals surface area contributed by atoms with Crippen molar-refractivity contribution in [3.05, 3.63) is 29.8 Å². The summed E-state index contributed by atoms with van der Waals surface area (Å²) < 4.78 is 32.3. The number of rotatable bonds is 7. The number of amides is 1. The summed E-state index contributed by atoms with van der Waals surface area (Å²) in [4.78, 5) is 14.7. The SMILES string of the molecule is C#CCNS(=O)(=O)c1cccc(C(=O)NCC(C)N2CC(C)OC(C)C2)c1. The van der Waals surface area contributed by atoms with Crippen molar-refractivity contribution in [2.24, 2.45) is 0 Å². The van der Waals surface area contributed by atoms with E-state index in [4.69, 9.17) is 11.2 Å². The molecule has 0 aromatic heterocycles. The molecule has 3 unspecified atom stereocenters. The number of terminal acetylenes is 1. The standard InChI is InChI=1S/C19H27N3O4S/c1-5-9-21-27(24,25)18-8-6-7-17(10-18)19(23)20-11-14(2)22-12-15(3)26-16(4)13-22/h1,6-8,10,14-16,21H,9,11-13H2,2-4H3,(H,20,23). The minimum absolute atomic E-state index is 0.00859. The fourth-order valence-corrected chi connectivity index (χ4v) is 4.05. The number of hydrogen-bond acceptors (Lipinski definition) is 5. The van der Waals surface area contributed by atoms with Crippen molar-refractivity contribution in [2.75, 3.05) is 26.2 Å². The molecule has 0 aliphatic carbocycles. The van der Waals surface area contributed by atoms with Gasteiger partial charge in [0.1, 0.15) is 0 Å². The molecule has 1 aliphatic rings. The third kappa shape index (κ3) is 6.04. The quantitative estimate of drug-likeness (QED) is 0.670. The van der Waals surface area contributed by atoms with Crippen LogP contribution in [0.15, 0.2) is 29.2 Å². The zero-order valence-corrected chi connectivity index (χ0v) is 16.8. The van der Waals surface area contributed by atoms with Gasteiger partial charge in [-0.2, -0.15) is 4.72 Å². The maximum Gasteiger partial charge on any atom is 0.251 e. The van der Waals surface area contributed by atoms with Crippen LogP contribution in [0.3, 0.4) is 0 Å². The van der Waals surface area contributed by atoms with E-state index in [1.54, 1.807) is 6.07 Å². The summed E-state index contributed by atoms with van der Waals surface area (Å²) in [6.07, 6.45) is 5.40. The maximum absolute atomic E-state index is 12.5. The zero-order chi connectivity index (χ0) is 20.0. The van der Waals surface area contributed by atoms with E-state index >= 15 is 0 Å². The van der Waals surface area contributed by atoms with Crippen LogP contribution >= 0.6 is 0 Å². The van der Waals surface area contributed by atoms with Crippen LogP contribution < -0.4 is 10.0 Å². The van der Waals surface area contributed by atoms with Crippen LogP contribution in [0.1, 0.15) is 31.1 Å². The first-order valence-electron chi connectivity index (χ1n) is 8.94. The molecule has 148 valence electrons. The van der Waals surface area contributed by atoms with E-state index in [1.807, 2.05) is 13.8 Å². The molecule has 0 bridgehead atoms. The highest BCUT2D eigenvalue weighted by Crippen LogP contribution is 2.14. The summed E-state index contributed by atoms with van der Waals surface area (Å²) in [5.41, 5.74) is 0.287. The van der Waals surface area contributed by atoms with Gasteiger partial charge >= 0.3 is 0 Å². The number of nitrogens with zero attached hydrogens (tertiary/aromatic N) is 1. The molecular weight excluding hydrogens is 366 g/mol. The molecule has 1 saturated heterocycles. The topological polar surface area (TPSA) is 87.7 Å². The molecule has 8 heteroatoms. The lowest BCUT2D eigenvalue weighted by Gasteiger charge is -2.39. The molecule has 7 nitrogen and oxygen atoms in total. The number of ether oxygens (including phenoxy) is 1. The Hall–Kier alpha value is -1.92. The van der Waals surface area contributed by atoms with Gasteiger partial charge in [0.2, 0.25) is 10.0 Å². The average molecular weight is 394 g/mol. The van der Waals surface area contributed by atoms with Gasteiger partial charge in [-0.05, 0) is 39.0 Å². The Balaban J connectivity index is 1.98. The monoisotopic (exact) mass is 393 g/mol. The van der Waals surface area contributed by atoms with Crippen molar-refractivity contribution in [1.29, 1.82) is 0 Å². The van der Waals surface area contributed by atoms with Crippen LogP contribution in [0.4, 0.5) is 0 Å². The van der Waals surface area contributed by atoms with Crippen molar-refractivity contribution in [3.8, 4) is 12.3 Å². The van der Waals surface area contributed by atoms with E-state index in [1.165, 1.54) is 18.2 Å². The van der Waals surface area contributed by atoms with Gasteiger partial charge in [-0.15, -0.1) is 6.42 Å². The van der Waals surface area contributed by atoms with Crippen molar-refractivity contribution < 1.29 is 17.9 Å². The predicted molar refractivity (Wildman–Crippen MR) is 104 cm³/mol. The molecule has 1 aromatic rings. The highest BCUT2D eigenvalue weighted by molar-refractivity contribution is 7.89. The fraction of sp³-hybridized carbons (Fsp3) is 0.526. The molecule has 1 aromatic carbocycles. The van der Waals surface area contributed by atoms with Gasteiger partial charge in [0.25, 0.3) is 5.91 Å². The van der Waals surface area contributed by atoms with Crippen LogP contribution in [0.2, 0.25) is 0 Å². The van der Waals surface area contributed by atoms with Gasteiger partial charge < -0.3 is 10.1 Å². The third-order valence-corrected chi connectivity index (χ3v) is 5.80. The Morgan fingerprint density at radius 1 is 1.37 bits per heavy atom. The minimum atomic E-state index is -3.73. The van der Waals surface area contributed by atoms with Gasteiger partial charge in [0.15, 0.2) is 0 Å². The van der Waals surface area contributed by atoms with Crippen LogP contribution in [0.5, 0.6) is 0 Å². The van der Waals surface area contributed by atoms with Crippen molar-refractivity contribution in [2.45, 2.75) is 43.9 Å². The Morgan fingerprint density at radius 3 is 2.67 bits per heavy atom. The number of carbonyl (C=O) groups excluding carboxylic acids is 1. The molecule has 0 radical (unpaired) electrons. The molecule has 2 rings (SSSR count). The Morgan fingerprint density at radius 2 is 2.04 bits per heavy atom. The minimum Gasteiger partial charge on any atom is -0.373 e. The van der Waals surface area contributed by atoms with Gasteiger partial charge in [0.05, 0.1) is 23.6 Å². The molecule has 1 heterocycles. The van der Waals surface area contributed by atoms with E-state index in [0.29, 0.717) is 6.54 Å². The highest BCUT2D eigenvalue weighted by Gasteiger charge is 2.26. The van der Waals surface area contributed by atoms with Crippen LogP contribution in [0.25, 0.3) is 0 Å². The first-order valence-corrected chi connectivity index (χ1v) is 10.4. The lowest BCUT2D eigenvalue weighted by atomic mass is 10.1. The van der Waals surface area contributed by atoms with Gasteiger partial charge in [-0.25, -0.2) is 8.42 Å². The zero-order valence-electron chi connectivity index (χ0n) is 15.9. The Bertz CT molecular complexity index is 793. The van der Waals surface area contributed by atoms with Crippen molar-refractivity contribution >= 4 is 15.9 Å². The van der Waals surface area contributed by atoms with Gasteiger partial charge in [-0.3, -0.25) is 9.69 Å². The van der Waals surface area contributed by atoms with E-state index in [9.17, 15) is 13.2 Å². The van der Waals surface area contributed by atoms with Crippen LogP contribution in [-0.2, 0) is 14.8 Å². The Kier molecular flexibility index (Phi) is 7.39. The lowest BCUT2D eigenvalue weighted by molar-refractivity contribution is -0.0778. The largest absolute Gasteiger partial charge is 0.373 e. The molecular formula is C19H27N3O4S. The van der Waals surface area contributed by atoms with E-state index in [0.717, 1.165) is 13.1 Å². The maximum atomic E-state index is 12.5. The first kappa shape index (κ1) is 21.4. The summed E-state index contributed by atoms with van der Waals surface area (Å²) >= 11 is 0. The Labute approximate surface area is 161 Å². The third-order valence-electron chi connectivity index (χ3n) is 4.40. The number of sulfonamides is 1. The summed E-state index contributed by atoms with van der Waals surface area (Å²) in [7, 11) is -3.73. The van der Waals surface area contributed by atoms with Gasteiger partial charge in [-0.1, -0.05) is 12.0 Å². The smallest absolute Gasteiger partial charge is 0.251 e. The second-order valence-electron chi connectivity index (χ2n) is 6.83. The average Bonchev–Trinajstić information content (AvgIpc) is 2.63. The molecule has 1 amide bonds. The summed E-state index contributed by atoms with van der Waals surface area (Å²) in [5.74, 6) is 1.90. The molecule has 2 N–H and O–H groups in total. The van der Waals surface area contributed by atoms with E-state index in [2.05, 4.69) is 27.8 Å². The van der Waals surface area contributed by atoms with Crippen LogP contribution in [0, 0.1) is 12.3 Å². The number of carbonyl (C=O) groups is 1. The number of hydrogen-bond donors (Lipinski definition) is 2. The molecule has 1 fully saturated rings. The summed E-state index contributed by atoms with van der Waals surface area (Å²) in [6.45, 7) is 8.11. The van der Waals surface area contributed by atoms with Gasteiger partial charge in [0, 0.05) is 31.2 Å². The van der Waals surface area contributed by atoms with Crippen LogP contribution in [-0.4, -0.2) is 63.7 Å². The summed E-state index contributed by atoms with van der Waals surface area (Å²) in [6, 6.07) is 6.03. The molecule has 1 aliphatic heterocycles. The number of morpholine rings is 1. The second kappa shape index (κ2) is 9.33. The summed E-state index contributed by atoms with van der Waals surface area (Å²) in [5, 5.41) is 2.88. The molecule has 3 atom stereocenters. The molecule has 0 saturated carbocycles. The second-order valence-corrected chi connectivity index (χ2v) is 8.59. The van der Waals surface area contributed by atoms with E-state index < -0.39 is 10.0 Å². The van der Waals surface area contributed by atoms with E-state index in [-0.39, 0.29) is 41.2 Å². The number of nitrogens with one attached hydrogen (secondary N) is 2. The lowest BCUT2D eigenvalue weighted by Crippen LogP contribution is -2.52. The molecule has 0 spiro atoms. The first-order chi connectivity index (χ1) is 12.7.